The largest absolute Gasteiger partial charge is 0.350 e. The number of nitrogens with zero attached hydrogens (tertiary/aromatic N) is 5. The Labute approximate surface area is 157 Å². The van der Waals surface area contributed by atoms with Gasteiger partial charge in [-0.2, -0.15) is 10.2 Å². The summed E-state index contributed by atoms with van der Waals surface area (Å²) in [6.45, 7) is 2.75. The molecule has 140 valence electrons. The summed E-state index contributed by atoms with van der Waals surface area (Å²) in [5.41, 5.74) is 3.10. The van der Waals surface area contributed by atoms with E-state index in [0.717, 1.165) is 42.9 Å². The van der Waals surface area contributed by atoms with Gasteiger partial charge in [-0.3, -0.25) is 9.48 Å². The van der Waals surface area contributed by atoms with Gasteiger partial charge >= 0.3 is 0 Å². The summed E-state index contributed by atoms with van der Waals surface area (Å²) in [6, 6.07) is 9.89. The lowest BCUT2D eigenvalue weighted by molar-refractivity contribution is -0.122. The molecule has 2 aromatic heterocycles. The van der Waals surface area contributed by atoms with E-state index in [1.54, 1.807) is 17.2 Å². The number of nitrogens with one attached hydrogen (secondary N) is 2. The second-order valence-corrected chi connectivity index (χ2v) is 6.74. The van der Waals surface area contributed by atoms with Crippen LogP contribution in [-0.4, -0.2) is 43.5 Å². The molecule has 0 aliphatic carbocycles. The van der Waals surface area contributed by atoms with Crippen LogP contribution in [0.1, 0.15) is 30.0 Å². The van der Waals surface area contributed by atoms with Crippen LogP contribution < -0.4 is 10.6 Å². The topological polar surface area (TPSA) is 89.7 Å². The van der Waals surface area contributed by atoms with E-state index in [-0.39, 0.29) is 12.5 Å². The molecule has 3 aromatic rings. The number of aromatic nitrogens is 5. The summed E-state index contributed by atoms with van der Waals surface area (Å²) in [4.78, 5) is 16.3. The van der Waals surface area contributed by atoms with Crippen LogP contribution in [0.5, 0.6) is 0 Å². The zero-order valence-electron chi connectivity index (χ0n) is 15.1. The van der Waals surface area contributed by atoms with Gasteiger partial charge in [-0.15, -0.1) is 0 Å². The lowest BCUT2D eigenvalue weighted by Crippen LogP contribution is -2.32. The van der Waals surface area contributed by atoms with Crippen molar-refractivity contribution in [3.63, 3.8) is 0 Å². The third-order valence-corrected chi connectivity index (χ3v) is 4.87. The summed E-state index contributed by atoms with van der Waals surface area (Å²) in [7, 11) is 0. The highest BCUT2D eigenvalue weighted by atomic mass is 16.2. The van der Waals surface area contributed by atoms with Crippen molar-refractivity contribution >= 4 is 5.91 Å². The number of piperidine rings is 1. The van der Waals surface area contributed by atoms with E-state index in [1.165, 1.54) is 6.33 Å². The van der Waals surface area contributed by atoms with E-state index in [4.69, 9.17) is 0 Å². The van der Waals surface area contributed by atoms with Crippen LogP contribution >= 0.6 is 0 Å². The average molecular weight is 365 g/mol. The number of benzene rings is 1. The van der Waals surface area contributed by atoms with Gasteiger partial charge < -0.3 is 10.6 Å². The smallest absolute Gasteiger partial charge is 0.242 e. The molecular formula is C19H23N7O. The normalized spacial score (nSPS) is 17.0. The summed E-state index contributed by atoms with van der Waals surface area (Å²) < 4.78 is 3.52. The SMILES string of the molecule is O=C(Cn1nccc1[C@H]1CCCNC1)NCc1ccc(-n2cncn2)cc1. The first-order valence-corrected chi connectivity index (χ1v) is 9.22. The molecule has 0 bridgehead atoms. The lowest BCUT2D eigenvalue weighted by atomic mass is 9.96. The van der Waals surface area contributed by atoms with Gasteiger partial charge in [0.2, 0.25) is 5.91 Å². The molecule has 3 heterocycles. The van der Waals surface area contributed by atoms with E-state index in [0.29, 0.717) is 12.5 Å². The van der Waals surface area contributed by atoms with Gasteiger partial charge in [0.15, 0.2) is 0 Å². The Morgan fingerprint density at radius 3 is 2.85 bits per heavy atom. The Balaban J connectivity index is 1.32. The molecule has 1 atom stereocenters. The van der Waals surface area contributed by atoms with Gasteiger partial charge in [0.1, 0.15) is 19.2 Å². The highest BCUT2D eigenvalue weighted by Gasteiger charge is 2.19. The van der Waals surface area contributed by atoms with Crippen molar-refractivity contribution in [2.75, 3.05) is 13.1 Å². The van der Waals surface area contributed by atoms with Crippen molar-refractivity contribution in [2.24, 2.45) is 0 Å². The first kappa shape index (κ1) is 17.4. The number of hydrogen-bond donors (Lipinski definition) is 2. The van der Waals surface area contributed by atoms with Crippen molar-refractivity contribution in [1.29, 1.82) is 0 Å². The maximum atomic E-state index is 12.4. The number of rotatable bonds is 6. The molecule has 1 aliphatic heterocycles. The van der Waals surface area contributed by atoms with Gasteiger partial charge in [-0.25, -0.2) is 9.67 Å². The third-order valence-electron chi connectivity index (χ3n) is 4.87. The molecule has 8 heteroatoms. The van der Waals surface area contributed by atoms with Gasteiger partial charge in [-0.05, 0) is 43.1 Å². The Kier molecular flexibility index (Phi) is 5.24. The van der Waals surface area contributed by atoms with E-state index in [2.05, 4.69) is 25.8 Å². The Bertz CT molecular complexity index is 864. The van der Waals surface area contributed by atoms with Crippen molar-refractivity contribution in [2.45, 2.75) is 31.8 Å². The highest BCUT2D eigenvalue weighted by molar-refractivity contribution is 5.75. The monoisotopic (exact) mass is 365 g/mol. The van der Waals surface area contributed by atoms with Crippen LogP contribution in [0, 0.1) is 0 Å². The number of carbonyl (C=O) groups is 1. The predicted octanol–water partition coefficient (Wildman–Crippen LogP) is 1.25. The van der Waals surface area contributed by atoms with Gasteiger partial charge in [0.25, 0.3) is 0 Å². The van der Waals surface area contributed by atoms with Crippen molar-refractivity contribution in [3.05, 3.63) is 60.4 Å². The molecule has 0 radical (unpaired) electrons. The van der Waals surface area contributed by atoms with Crippen LogP contribution in [0.2, 0.25) is 0 Å². The Morgan fingerprint density at radius 1 is 1.22 bits per heavy atom. The standard InChI is InChI=1S/C19H23N7O/c27-19(12-25-18(7-9-23-25)16-2-1-8-20-11-16)22-10-15-3-5-17(6-4-15)26-14-21-13-24-26/h3-7,9,13-14,16,20H,1-2,8,10-12H2,(H,22,27)/t16-/m0/s1. The fraction of sp³-hybridized carbons (Fsp3) is 0.368. The number of hydrogen-bond acceptors (Lipinski definition) is 5. The fourth-order valence-electron chi connectivity index (χ4n) is 3.43. The summed E-state index contributed by atoms with van der Waals surface area (Å²) in [5, 5.41) is 14.8. The van der Waals surface area contributed by atoms with Crippen molar-refractivity contribution in [3.8, 4) is 5.69 Å². The molecule has 4 rings (SSSR count). The highest BCUT2D eigenvalue weighted by Crippen LogP contribution is 2.22. The first-order chi connectivity index (χ1) is 13.3. The fourth-order valence-corrected chi connectivity index (χ4v) is 3.43. The van der Waals surface area contributed by atoms with E-state index < -0.39 is 0 Å². The third kappa shape index (κ3) is 4.22. The summed E-state index contributed by atoms with van der Waals surface area (Å²) >= 11 is 0. The predicted molar refractivity (Wildman–Crippen MR) is 100 cm³/mol. The molecule has 2 N–H and O–H groups in total. The Hall–Kier alpha value is -3.00. The van der Waals surface area contributed by atoms with Crippen LogP contribution in [0.25, 0.3) is 5.69 Å². The van der Waals surface area contributed by atoms with E-state index in [9.17, 15) is 4.79 Å². The van der Waals surface area contributed by atoms with Crippen LogP contribution in [0.4, 0.5) is 0 Å². The minimum absolute atomic E-state index is 0.0379. The molecule has 0 spiro atoms. The summed E-state index contributed by atoms with van der Waals surface area (Å²) in [6.07, 6.45) is 7.23. The second kappa shape index (κ2) is 8.13. The molecule has 1 fully saturated rings. The minimum Gasteiger partial charge on any atom is -0.350 e. The van der Waals surface area contributed by atoms with Gasteiger partial charge in [0.05, 0.1) is 5.69 Å². The van der Waals surface area contributed by atoms with E-state index >= 15 is 0 Å². The van der Waals surface area contributed by atoms with Crippen LogP contribution in [-0.2, 0) is 17.9 Å². The second-order valence-electron chi connectivity index (χ2n) is 6.74. The maximum Gasteiger partial charge on any atom is 0.242 e. The van der Waals surface area contributed by atoms with E-state index in [1.807, 2.05) is 35.0 Å². The molecule has 1 aromatic carbocycles. The van der Waals surface area contributed by atoms with Crippen LogP contribution in [0.3, 0.4) is 0 Å². The quantitative estimate of drug-likeness (QED) is 0.686. The molecule has 0 unspecified atom stereocenters. The molecule has 1 amide bonds. The molecule has 27 heavy (non-hydrogen) atoms. The molecule has 0 saturated carbocycles. The van der Waals surface area contributed by atoms with Crippen molar-refractivity contribution < 1.29 is 4.79 Å². The van der Waals surface area contributed by atoms with Gasteiger partial charge in [0, 0.05) is 30.9 Å². The molecule has 1 saturated heterocycles. The minimum atomic E-state index is -0.0379. The first-order valence-electron chi connectivity index (χ1n) is 9.22. The summed E-state index contributed by atoms with van der Waals surface area (Å²) in [5.74, 6) is 0.391. The van der Waals surface area contributed by atoms with Gasteiger partial charge in [-0.1, -0.05) is 12.1 Å². The zero-order valence-corrected chi connectivity index (χ0v) is 15.1. The number of carbonyl (C=O) groups excluding carboxylic acids is 1. The molecule has 1 aliphatic rings. The number of amides is 1. The Morgan fingerprint density at radius 2 is 2.11 bits per heavy atom. The lowest BCUT2D eigenvalue weighted by Gasteiger charge is -2.23. The molecule has 8 nitrogen and oxygen atoms in total. The maximum absolute atomic E-state index is 12.4. The van der Waals surface area contributed by atoms with Crippen LogP contribution in [0.15, 0.2) is 49.2 Å². The van der Waals surface area contributed by atoms with Crippen molar-refractivity contribution in [1.82, 2.24) is 35.2 Å². The average Bonchev–Trinajstić information content (AvgIpc) is 3.40. The molecular weight excluding hydrogens is 342 g/mol. The zero-order chi connectivity index (χ0) is 18.5.